The van der Waals surface area contributed by atoms with Crippen molar-refractivity contribution in [2.24, 2.45) is 17.6 Å². The maximum Gasteiger partial charge on any atom is 0.308 e. The summed E-state index contributed by atoms with van der Waals surface area (Å²) in [6.07, 6.45) is 2.57. The quantitative estimate of drug-likeness (QED) is 0.672. The summed E-state index contributed by atoms with van der Waals surface area (Å²) in [5.41, 5.74) is 5.57. The average molecular weight is 205 g/mol. The highest BCUT2D eigenvalue weighted by atomic mass is 31.0. The SMILES string of the molecule is CCC(CN)CC(C)CC(=O)OP. The molecule has 3 atom stereocenters. The molecule has 0 saturated carbocycles. The van der Waals surface area contributed by atoms with Crippen molar-refractivity contribution in [2.45, 2.75) is 33.1 Å². The first-order valence-corrected chi connectivity index (χ1v) is 5.20. The molecule has 0 aliphatic carbocycles. The summed E-state index contributed by atoms with van der Waals surface area (Å²) in [4.78, 5) is 10.9. The van der Waals surface area contributed by atoms with Gasteiger partial charge in [0.05, 0.1) is 9.47 Å². The minimum atomic E-state index is -0.163. The van der Waals surface area contributed by atoms with E-state index in [4.69, 9.17) is 5.73 Å². The van der Waals surface area contributed by atoms with Crippen molar-refractivity contribution in [3.63, 3.8) is 0 Å². The Labute approximate surface area is 82.7 Å². The second kappa shape index (κ2) is 7.28. The van der Waals surface area contributed by atoms with Crippen LogP contribution in [0.15, 0.2) is 0 Å². The molecule has 0 radical (unpaired) electrons. The molecule has 0 rings (SSSR count). The van der Waals surface area contributed by atoms with Crippen LogP contribution in [0.5, 0.6) is 0 Å². The molecule has 0 amide bonds. The Balaban J connectivity index is 3.71. The molecule has 0 aromatic rings. The molecular weight excluding hydrogens is 185 g/mol. The normalized spacial score (nSPS) is 15.1. The lowest BCUT2D eigenvalue weighted by molar-refractivity contribution is -0.134. The second-order valence-electron chi connectivity index (χ2n) is 3.54. The molecule has 0 fully saturated rings. The number of hydrogen-bond donors (Lipinski definition) is 1. The molecule has 2 N–H and O–H groups in total. The highest BCUT2D eigenvalue weighted by Crippen LogP contribution is 2.18. The van der Waals surface area contributed by atoms with Crippen LogP contribution >= 0.6 is 9.47 Å². The van der Waals surface area contributed by atoms with Gasteiger partial charge in [0.25, 0.3) is 0 Å². The zero-order chi connectivity index (χ0) is 10.3. The summed E-state index contributed by atoms with van der Waals surface area (Å²) >= 11 is 0. The van der Waals surface area contributed by atoms with Crippen LogP contribution in [-0.2, 0) is 9.32 Å². The molecular formula is C9H20NO2P. The highest BCUT2D eigenvalue weighted by Gasteiger charge is 2.13. The molecule has 4 heteroatoms. The predicted octanol–water partition coefficient (Wildman–Crippen LogP) is 1.72. The van der Waals surface area contributed by atoms with Crippen LogP contribution in [0.1, 0.15) is 33.1 Å². The minimum absolute atomic E-state index is 0.163. The molecule has 0 spiro atoms. The molecule has 13 heavy (non-hydrogen) atoms. The van der Waals surface area contributed by atoms with Crippen LogP contribution in [-0.4, -0.2) is 12.5 Å². The fourth-order valence-electron chi connectivity index (χ4n) is 1.41. The highest BCUT2D eigenvalue weighted by molar-refractivity contribution is 7.10. The molecule has 3 unspecified atom stereocenters. The summed E-state index contributed by atoms with van der Waals surface area (Å²) in [6, 6.07) is 0. The van der Waals surface area contributed by atoms with Gasteiger partial charge in [0.2, 0.25) is 0 Å². The molecule has 0 bridgehead atoms. The lowest BCUT2D eigenvalue weighted by Crippen LogP contribution is -2.17. The van der Waals surface area contributed by atoms with Crippen LogP contribution in [0.2, 0.25) is 0 Å². The van der Waals surface area contributed by atoms with E-state index in [1.807, 2.05) is 9.47 Å². The number of carbonyl (C=O) groups is 1. The minimum Gasteiger partial charge on any atom is -0.451 e. The van der Waals surface area contributed by atoms with Crippen molar-refractivity contribution >= 4 is 15.4 Å². The van der Waals surface area contributed by atoms with E-state index in [2.05, 4.69) is 18.4 Å². The lowest BCUT2D eigenvalue weighted by atomic mass is 9.92. The molecule has 0 aromatic heterocycles. The summed E-state index contributed by atoms with van der Waals surface area (Å²) in [5, 5.41) is 0. The maximum absolute atomic E-state index is 10.9. The van der Waals surface area contributed by atoms with Crippen LogP contribution < -0.4 is 5.73 Å². The molecule has 0 aliphatic rings. The van der Waals surface area contributed by atoms with Crippen molar-refractivity contribution in [3.8, 4) is 0 Å². The monoisotopic (exact) mass is 205 g/mol. The van der Waals surface area contributed by atoms with E-state index < -0.39 is 0 Å². The zero-order valence-electron chi connectivity index (χ0n) is 8.45. The van der Waals surface area contributed by atoms with Crippen LogP contribution in [0.3, 0.4) is 0 Å². The van der Waals surface area contributed by atoms with Gasteiger partial charge in [0, 0.05) is 6.42 Å². The molecule has 0 aliphatic heterocycles. The predicted molar refractivity (Wildman–Crippen MR) is 57.0 cm³/mol. The van der Waals surface area contributed by atoms with Gasteiger partial charge >= 0.3 is 5.97 Å². The van der Waals surface area contributed by atoms with Crippen molar-refractivity contribution in [3.05, 3.63) is 0 Å². The fraction of sp³-hybridized carbons (Fsp3) is 0.889. The lowest BCUT2D eigenvalue weighted by Gasteiger charge is -2.16. The Morgan fingerprint density at radius 3 is 2.62 bits per heavy atom. The first-order valence-electron chi connectivity index (χ1n) is 4.73. The number of nitrogens with two attached hydrogens (primary N) is 1. The topological polar surface area (TPSA) is 52.3 Å². The van der Waals surface area contributed by atoms with E-state index in [-0.39, 0.29) is 5.97 Å². The van der Waals surface area contributed by atoms with Crippen molar-refractivity contribution < 1.29 is 9.32 Å². The standard InChI is InChI=1S/C9H20NO2P/c1-3-8(6-10)4-7(2)5-9(11)12-13/h7-8H,3-6,10,13H2,1-2H3. The van der Waals surface area contributed by atoms with Crippen LogP contribution in [0.25, 0.3) is 0 Å². The number of rotatable bonds is 6. The Hall–Kier alpha value is -0.140. The van der Waals surface area contributed by atoms with Gasteiger partial charge in [-0.2, -0.15) is 0 Å². The number of hydrogen-bond acceptors (Lipinski definition) is 3. The molecule has 0 aromatic carbocycles. The first-order chi connectivity index (χ1) is 6.13. The third-order valence-corrected chi connectivity index (χ3v) is 2.56. The van der Waals surface area contributed by atoms with Crippen molar-refractivity contribution in [2.75, 3.05) is 6.54 Å². The Bertz CT molecular complexity index is 149. The summed E-state index contributed by atoms with van der Waals surface area (Å²) < 4.78 is 4.52. The van der Waals surface area contributed by atoms with Crippen molar-refractivity contribution in [1.29, 1.82) is 0 Å². The van der Waals surface area contributed by atoms with Gasteiger partial charge < -0.3 is 10.3 Å². The third-order valence-electron chi connectivity index (χ3n) is 2.29. The maximum atomic E-state index is 10.9. The molecule has 0 heterocycles. The van der Waals surface area contributed by atoms with Crippen LogP contribution in [0.4, 0.5) is 0 Å². The first kappa shape index (κ1) is 12.9. The van der Waals surface area contributed by atoms with E-state index in [9.17, 15) is 4.79 Å². The van der Waals surface area contributed by atoms with Crippen LogP contribution in [0, 0.1) is 11.8 Å². The van der Waals surface area contributed by atoms with Crippen molar-refractivity contribution in [1.82, 2.24) is 0 Å². The van der Waals surface area contributed by atoms with Gasteiger partial charge in [-0.25, -0.2) is 0 Å². The van der Waals surface area contributed by atoms with Gasteiger partial charge in [-0.05, 0) is 24.8 Å². The second-order valence-corrected chi connectivity index (χ2v) is 3.78. The van der Waals surface area contributed by atoms with Gasteiger partial charge in [0.15, 0.2) is 0 Å². The Morgan fingerprint density at radius 1 is 1.62 bits per heavy atom. The van der Waals surface area contributed by atoms with E-state index in [1.54, 1.807) is 0 Å². The summed E-state index contributed by atoms with van der Waals surface area (Å²) in [6.45, 7) is 4.88. The average Bonchev–Trinajstić information content (AvgIpc) is 2.13. The Kier molecular flexibility index (Phi) is 7.20. The fourth-order valence-corrected chi connectivity index (χ4v) is 1.51. The van der Waals surface area contributed by atoms with E-state index in [0.717, 1.165) is 12.8 Å². The summed E-state index contributed by atoms with van der Waals surface area (Å²) in [5.74, 6) is 0.734. The molecule has 78 valence electrons. The van der Waals surface area contributed by atoms with E-state index in [0.29, 0.717) is 24.8 Å². The molecule has 3 nitrogen and oxygen atoms in total. The Morgan fingerprint density at radius 2 is 2.23 bits per heavy atom. The van der Waals surface area contributed by atoms with E-state index in [1.165, 1.54) is 0 Å². The third kappa shape index (κ3) is 6.00. The zero-order valence-corrected chi connectivity index (χ0v) is 9.61. The number of carbonyl (C=O) groups excluding carboxylic acids is 1. The van der Waals surface area contributed by atoms with Gasteiger partial charge in [-0.3, -0.25) is 4.79 Å². The largest absolute Gasteiger partial charge is 0.451 e. The summed E-state index contributed by atoms with van der Waals surface area (Å²) in [7, 11) is 1.98. The molecule has 0 saturated heterocycles. The van der Waals surface area contributed by atoms with Gasteiger partial charge in [-0.1, -0.05) is 20.3 Å². The van der Waals surface area contributed by atoms with Gasteiger partial charge in [-0.15, -0.1) is 0 Å². The van der Waals surface area contributed by atoms with E-state index >= 15 is 0 Å². The smallest absolute Gasteiger partial charge is 0.308 e. The van der Waals surface area contributed by atoms with Gasteiger partial charge in [0.1, 0.15) is 0 Å².